The van der Waals surface area contributed by atoms with E-state index in [9.17, 15) is 0 Å². The number of hydrogen-bond donors (Lipinski definition) is 1. The van der Waals surface area contributed by atoms with E-state index in [4.69, 9.17) is 0 Å². The molecule has 1 fully saturated rings. The molecular weight excluding hydrogens is 220 g/mol. The summed E-state index contributed by atoms with van der Waals surface area (Å²) in [5, 5.41) is 3.51. The molecule has 0 radical (unpaired) electrons. The second-order valence-corrected chi connectivity index (χ2v) is 6.21. The van der Waals surface area contributed by atoms with E-state index in [0.29, 0.717) is 0 Å². The minimum absolute atomic E-state index is 0.230. The third-order valence-corrected chi connectivity index (χ3v) is 4.06. The molecule has 0 atom stereocenters. The Hall–Kier alpha value is -1.02. The van der Waals surface area contributed by atoms with Crippen LogP contribution in [0.5, 0.6) is 0 Å². The van der Waals surface area contributed by atoms with E-state index < -0.39 is 0 Å². The maximum atomic E-state index is 3.51. The molecule has 1 aromatic carbocycles. The predicted octanol–water partition coefficient (Wildman–Crippen LogP) is 3.19. The zero-order valence-corrected chi connectivity index (χ0v) is 12.4. The summed E-state index contributed by atoms with van der Waals surface area (Å²) in [5.41, 5.74) is 5.84. The first-order chi connectivity index (χ1) is 8.42. The summed E-state index contributed by atoms with van der Waals surface area (Å²) in [7, 11) is 0. The average Bonchev–Trinajstić information content (AvgIpc) is 2.39. The highest BCUT2D eigenvalue weighted by Gasteiger charge is 2.30. The van der Waals surface area contributed by atoms with Gasteiger partial charge in [0.25, 0.3) is 0 Å². The lowest BCUT2D eigenvalue weighted by Gasteiger charge is -2.40. The number of nitrogens with zero attached hydrogens (tertiary/aromatic N) is 1. The molecule has 2 nitrogen and oxygen atoms in total. The highest BCUT2D eigenvalue weighted by Crippen LogP contribution is 2.33. The van der Waals surface area contributed by atoms with Gasteiger partial charge in [-0.1, -0.05) is 17.7 Å². The Kier molecular flexibility index (Phi) is 3.67. The van der Waals surface area contributed by atoms with Gasteiger partial charge in [0, 0.05) is 24.3 Å². The number of hydrogen-bond acceptors (Lipinski definition) is 2. The summed E-state index contributed by atoms with van der Waals surface area (Å²) >= 11 is 0. The zero-order valence-electron chi connectivity index (χ0n) is 12.4. The van der Waals surface area contributed by atoms with E-state index in [-0.39, 0.29) is 5.54 Å². The summed E-state index contributed by atoms with van der Waals surface area (Å²) in [6, 6.07) is 4.60. The molecule has 1 saturated heterocycles. The fourth-order valence-electron chi connectivity index (χ4n) is 3.16. The van der Waals surface area contributed by atoms with Crippen molar-refractivity contribution in [2.45, 2.75) is 46.6 Å². The van der Waals surface area contributed by atoms with E-state index in [1.165, 1.54) is 28.8 Å². The fourth-order valence-corrected chi connectivity index (χ4v) is 3.16. The third kappa shape index (κ3) is 2.54. The molecule has 0 bridgehead atoms. The molecule has 1 aliphatic heterocycles. The van der Waals surface area contributed by atoms with Crippen LogP contribution in [0.3, 0.4) is 0 Å². The molecule has 0 saturated carbocycles. The van der Waals surface area contributed by atoms with Gasteiger partial charge >= 0.3 is 0 Å². The normalized spacial score (nSPS) is 19.7. The van der Waals surface area contributed by atoms with E-state index >= 15 is 0 Å². The van der Waals surface area contributed by atoms with Crippen molar-refractivity contribution in [2.24, 2.45) is 0 Å². The summed E-state index contributed by atoms with van der Waals surface area (Å²) in [4.78, 5) is 2.59. The first-order valence-corrected chi connectivity index (χ1v) is 6.98. The van der Waals surface area contributed by atoms with Crippen molar-refractivity contribution in [3.8, 4) is 0 Å². The molecule has 1 heterocycles. The van der Waals surface area contributed by atoms with Gasteiger partial charge in [-0.2, -0.15) is 0 Å². The maximum Gasteiger partial charge on any atom is 0.0430 e. The van der Waals surface area contributed by atoms with Crippen LogP contribution in [0.25, 0.3) is 0 Å². The van der Waals surface area contributed by atoms with Crippen molar-refractivity contribution in [3.05, 3.63) is 28.8 Å². The standard InChI is InChI=1S/C16H26N2/c1-12-10-13(2)15(14(3)11-12)18-9-8-17-7-6-16(18,4)5/h10-11,17H,6-9H2,1-5H3. The Balaban J connectivity index is 2.46. The van der Waals surface area contributed by atoms with Gasteiger partial charge in [-0.05, 0) is 58.7 Å². The minimum atomic E-state index is 0.230. The quantitative estimate of drug-likeness (QED) is 0.818. The molecular formula is C16H26N2. The van der Waals surface area contributed by atoms with Crippen molar-refractivity contribution in [1.82, 2.24) is 5.32 Å². The van der Waals surface area contributed by atoms with Crippen LogP contribution in [0, 0.1) is 20.8 Å². The van der Waals surface area contributed by atoms with Gasteiger partial charge in [0.1, 0.15) is 0 Å². The van der Waals surface area contributed by atoms with Crippen LogP contribution in [-0.2, 0) is 0 Å². The highest BCUT2D eigenvalue weighted by atomic mass is 15.2. The maximum absolute atomic E-state index is 3.51. The Morgan fingerprint density at radius 3 is 2.28 bits per heavy atom. The number of rotatable bonds is 1. The number of aryl methyl sites for hydroxylation is 3. The monoisotopic (exact) mass is 246 g/mol. The fraction of sp³-hybridized carbons (Fsp3) is 0.625. The molecule has 1 N–H and O–H groups in total. The lowest BCUT2D eigenvalue weighted by molar-refractivity contribution is 0.452. The van der Waals surface area contributed by atoms with Crippen LogP contribution >= 0.6 is 0 Å². The average molecular weight is 246 g/mol. The predicted molar refractivity (Wildman–Crippen MR) is 79.6 cm³/mol. The van der Waals surface area contributed by atoms with Gasteiger partial charge in [0.2, 0.25) is 0 Å². The lowest BCUT2D eigenvalue weighted by atomic mass is 9.94. The molecule has 0 unspecified atom stereocenters. The molecule has 0 aromatic heterocycles. The molecule has 0 amide bonds. The molecule has 0 spiro atoms. The Bertz CT molecular complexity index is 412. The van der Waals surface area contributed by atoms with Crippen molar-refractivity contribution >= 4 is 5.69 Å². The van der Waals surface area contributed by atoms with Gasteiger partial charge in [-0.3, -0.25) is 0 Å². The minimum Gasteiger partial charge on any atom is -0.365 e. The Morgan fingerprint density at radius 2 is 1.67 bits per heavy atom. The lowest BCUT2D eigenvalue weighted by Crippen LogP contribution is -2.45. The van der Waals surface area contributed by atoms with Crippen molar-refractivity contribution in [1.29, 1.82) is 0 Å². The zero-order chi connectivity index (χ0) is 13.3. The second-order valence-electron chi connectivity index (χ2n) is 6.21. The van der Waals surface area contributed by atoms with E-state index in [0.717, 1.165) is 19.6 Å². The van der Waals surface area contributed by atoms with Gasteiger partial charge in [0.15, 0.2) is 0 Å². The van der Waals surface area contributed by atoms with Gasteiger partial charge in [0.05, 0.1) is 0 Å². The smallest absolute Gasteiger partial charge is 0.0430 e. The van der Waals surface area contributed by atoms with Crippen molar-refractivity contribution < 1.29 is 0 Å². The van der Waals surface area contributed by atoms with Crippen LogP contribution in [0.1, 0.15) is 37.0 Å². The van der Waals surface area contributed by atoms with Crippen LogP contribution in [-0.4, -0.2) is 25.2 Å². The molecule has 1 aliphatic rings. The summed E-state index contributed by atoms with van der Waals surface area (Å²) < 4.78 is 0. The van der Waals surface area contributed by atoms with Crippen LogP contribution in [0.4, 0.5) is 5.69 Å². The molecule has 1 aromatic rings. The second kappa shape index (κ2) is 4.93. The van der Waals surface area contributed by atoms with E-state index in [1.807, 2.05) is 0 Å². The number of anilines is 1. The van der Waals surface area contributed by atoms with Crippen molar-refractivity contribution in [3.63, 3.8) is 0 Å². The summed E-state index contributed by atoms with van der Waals surface area (Å²) in [5.74, 6) is 0. The van der Waals surface area contributed by atoms with E-state index in [2.05, 4.69) is 57.0 Å². The third-order valence-electron chi connectivity index (χ3n) is 4.06. The number of benzene rings is 1. The van der Waals surface area contributed by atoms with Crippen molar-refractivity contribution in [2.75, 3.05) is 24.5 Å². The molecule has 0 aliphatic carbocycles. The SMILES string of the molecule is Cc1cc(C)c(N2CCNCCC2(C)C)c(C)c1. The summed E-state index contributed by atoms with van der Waals surface area (Å²) in [6.07, 6.45) is 1.19. The Labute approximate surface area is 111 Å². The Morgan fingerprint density at radius 1 is 1.06 bits per heavy atom. The highest BCUT2D eigenvalue weighted by molar-refractivity contribution is 5.61. The van der Waals surface area contributed by atoms with Gasteiger partial charge in [-0.25, -0.2) is 0 Å². The van der Waals surface area contributed by atoms with Crippen LogP contribution in [0.15, 0.2) is 12.1 Å². The summed E-state index contributed by atoms with van der Waals surface area (Å²) in [6.45, 7) is 14.7. The molecule has 100 valence electrons. The number of nitrogens with one attached hydrogen (secondary N) is 1. The molecule has 2 rings (SSSR count). The van der Waals surface area contributed by atoms with Crippen LogP contribution in [0.2, 0.25) is 0 Å². The molecule has 18 heavy (non-hydrogen) atoms. The first-order valence-electron chi connectivity index (χ1n) is 6.98. The van der Waals surface area contributed by atoms with Crippen LogP contribution < -0.4 is 10.2 Å². The first kappa shape index (κ1) is 13.4. The topological polar surface area (TPSA) is 15.3 Å². The largest absolute Gasteiger partial charge is 0.365 e. The van der Waals surface area contributed by atoms with Gasteiger partial charge < -0.3 is 10.2 Å². The van der Waals surface area contributed by atoms with Gasteiger partial charge in [-0.15, -0.1) is 0 Å². The van der Waals surface area contributed by atoms with E-state index in [1.54, 1.807) is 0 Å². The molecule has 2 heteroatoms.